The number of aliphatic carboxylic acids is 1. The van der Waals surface area contributed by atoms with E-state index in [0.29, 0.717) is 5.56 Å². The van der Waals surface area contributed by atoms with Gasteiger partial charge in [-0.05, 0) is 5.56 Å². The second kappa shape index (κ2) is 5.13. The quantitative estimate of drug-likeness (QED) is 0.569. The normalized spacial score (nSPS) is 13.8. The molecule has 0 aromatic heterocycles. The Hall–Kier alpha value is -2.08. The number of carboxylic acids is 1. The topological polar surface area (TPSA) is 113 Å². The van der Waals surface area contributed by atoms with E-state index in [4.69, 9.17) is 10.8 Å². The molecule has 0 aliphatic rings. The summed E-state index contributed by atoms with van der Waals surface area (Å²) in [5, 5.41) is 20.5. The monoisotopic (exact) mass is 224 g/mol. The van der Waals surface area contributed by atoms with Crippen LogP contribution in [0.15, 0.2) is 30.3 Å². The lowest BCUT2D eigenvalue weighted by Gasteiger charge is -2.19. The van der Waals surface area contributed by atoms with Gasteiger partial charge in [-0.25, -0.2) is 9.59 Å². The molecule has 0 saturated carbocycles. The summed E-state index contributed by atoms with van der Waals surface area (Å²) >= 11 is 0. The Morgan fingerprint density at radius 1 is 1.25 bits per heavy atom. The Morgan fingerprint density at radius 3 is 2.25 bits per heavy atom. The fraction of sp³-hybridized carbons (Fsp3) is 0.200. The average molecular weight is 224 g/mol. The molecule has 0 unspecified atom stereocenters. The molecular weight excluding hydrogens is 212 g/mol. The molecule has 0 spiro atoms. The number of aliphatic hydroxyl groups excluding tert-OH is 1. The first-order valence-corrected chi connectivity index (χ1v) is 4.54. The minimum Gasteiger partial charge on any atom is -0.480 e. The SMILES string of the molecule is NC(=O)N[C@H](C(=O)O)[C@H](O)c1ccccc1. The molecule has 5 N–H and O–H groups in total. The van der Waals surface area contributed by atoms with Crippen LogP contribution in [0.2, 0.25) is 0 Å². The highest BCUT2D eigenvalue weighted by atomic mass is 16.4. The number of benzene rings is 1. The molecule has 2 atom stereocenters. The van der Waals surface area contributed by atoms with Crippen LogP contribution in [0.25, 0.3) is 0 Å². The van der Waals surface area contributed by atoms with Crippen molar-refractivity contribution in [1.82, 2.24) is 5.32 Å². The number of nitrogens with two attached hydrogens (primary N) is 1. The molecule has 86 valence electrons. The predicted molar refractivity (Wildman–Crippen MR) is 55.5 cm³/mol. The fourth-order valence-corrected chi connectivity index (χ4v) is 1.27. The molecule has 2 amide bonds. The molecule has 0 radical (unpaired) electrons. The van der Waals surface area contributed by atoms with Gasteiger partial charge in [0.1, 0.15) is 6.10 Å². The third-order valence-corrected chi connectivity index (χ3v) is 2.02. The molecule has 16 heavy (non-hydrogen) atoms. The van der Waals surface area contributed by atoms with Gasteiger partial charge >= 0.3 is 12.0 Å². The second-order valence-electron chi connectivity index (χ2n) is 3.18. The minimum atomic E-state index is -1.46. The summed E-state index contributed by atoms with van der Waals surface area (Å²) in [6, 6.07) is 5.70. The number of primary amides is 1. The average Bonchev–Trinajstić information content (AvgIpc) is 2.25. The summed E-state index contributed by atoms with van der Waals surface area (Å²) < 4.78 is 0. The van der Waals surface area contributed by atoms with Crippen molar-refractivity contribution in [2.45, 2.75) is 12.1 Å². The maximum atomic E-state index is 10.8. The number of carboxylic acid groups (broad SMARTS) is 1. The van der Waals surface area contributed by atoms with E-state index in [0.717, 1.165) is 0 Å². The van der Waals surface area contributed by atoms with Crippen LogP contribution in [0.4, 0.5) is 4.79 Å². The number of carbonyl (C=O) groups excluding carboxylic acids is 1. The van der Waals surface area contributed by atoms with E-state index in [9.17, 15) is 14.7 Å². The Bertz CT molecular complexity index is 380. The molecule has 6 heteroatoms. The van der Waals surface area contributed by atoms with Gasteiger partial charge < -0.3 is 21.3 Å². The molecule has 0 fully saturated rings. The van der Waals surface area contributed by atoms with Crippen molar-refractivity contribution in [1.29, 1.82) is 0 Å². The van der Waals surface area contributed by atoms with Crippen LogP contribution in [0.3, 0.4) is 0 Å². The van der Waals surface area contributed by atoms with Crippen LogP contribution in [0.1, 0.15) is 11.7 Å². The maximum absolute atomic E-state index is 10.8. The summed E-state index contributed by atoms with van der Waals surface area (Å²) in [4.78, 5) is 21.4. The lowest BCUT2D eigenvalue weighted by Crippen LogP contribution is -2.47. The number of urea groups is 1. The molecule has 1 aromatic rings. The van der Waals surface area contributed by atoms with Gasteiger partial charge in [-0.15, -0.1) is 0 Å². The Balaban J connectivity index is 2.87. The number of amides is 2. The molecule has 0 heterocycles. The summed E-state index contributed by atoms with van der Waals surface area (Å²) in [6.07, 6.45) is -1.34. The smallest absolute Gasteiger partial charge is 0.329 e. The second-order valence-corrected chi connectivity index (χ2v) is 3.18. The van der Waals surface area contributed by atoms with Crippen LogP contribution in [0.5, 0.6) is 0 Å². The molecule has 6 nitrogen and oxygen atoms in total. The van der Waals surface area contributed by atoms with Crippen LogP contribution >= 0.6 is 0 Å². The Morgan fingerprint density at radius 2 is 1.81 bits per heavy atom. The van der Waals surface area contributed by atoms with E-state index < -0.39 is 24.1 Å². The highest BCUT2D eigenvalue weighted by Crippen LogP contribution is 2.16. The minimum absolute atomic E-state index is 0.392. The zero-order valence-electron chi connectivity index (χ0n) is 8.33. The van der Waals surface area contributed by atoms with Gasteiger partial charge in [0, 0.05) is 0 Å². The number of aliphatic hydroxyl groups is 1. The van der Waals surface area contributed by atoms with E-state index in [-0.39, 0.29) is 0 Å². The zero-order valence-corrected chi connectivity index (χ0v) is 8.33. The van der Waals surface area contributed by atoms with Crippen molar-refractivity contribution in [3.63, 3.8) is 0 Å². The van der Waals surface area contributed by atoms with Crippen molar-refractivity contribution in [2.75, 3.05) is 0 Å². The molecule has 0 aliphatic heterocycles. The molecule has 1 rings (SSSR count). The summed E-state index contributed by atoms with van der Waals surface area (Å²) in [6.45, 7) is 0. The van der Waals surface area contributed by atoms with Crippen molar-refractivity contribution in [3.05, 3.63) is 35.9 Å². The molecule has 0 bridgehead atoms. The standard InChI is InChI=1S/C10H12N2O4/c11-10(16)12-7(9(14)15)8(13)6-4-2-1-3-5-6/h1-5,7-8,13H,(H,14,15)(H3,11,12,16)/t7-,8+/m0/s1. The van der Waals surface area contributed by atoms with Crippen LogP contribution < -0.4 is 11.1 Å². The number of hydrogen-bond acceptors (Lipinski definition) is 3. The van der Waals surface area contributed by atoms with E-state index in [1.165, 1.54) is 0 Å². The van der Waals surface area contributed by atoms with E-state index >= 15 is 0 Å². The third kappa shape index (κ3) is 2.96. The van der Waals surface area contributed by atoms with Gasteiger partial charge in [-0.2, -0.15) is 0 Å². The van der Waals surface area contributed by atoms with Crippen LogP contribution in [-0.2, 0) is 4.79 Å². The first-order chi connectivity index (χ1) is 7.52. The maximum Gasteiger partial charge on any atom is 0.329 e. The third-order valence-electron chi connectivity index (χ3n) is 2.02. The molecule has 1 aromatic carbocycles. The number of nitrogens with one attached hydrogen (secondary N) is 1. The van der Waals surface area contributed by atoms with Crippen molar-refractivity contribution >= 4 is 12.0 Å². The van der Waals surface area contributed by atoms with Gasteiger partial charge in [0.15, 0.2) is 6.04 Å². The number of carbonyl (C=O) groups is 2. The predicted octanol–water partition coefficient (Wildman–Crippen LogP) is -0.158. The lowest BCUT2D eigenvalue weighted by atomic mass is 10.0. The highest BCUT2D eigenvalue weighted by Gasteiger charge is 2.28. The Kier molecular flexibility index (Phi) is 3.84. The number of rotatable bonds is 4. The lowest BCUT2D eigenvalue weighted by molar-refractivity contribution is -0.142. The van der Waals surface area contributed by atoms with Crippen molar-refractivity contribution in [2.24, 2.45) is 5.73 Å². The van der Waals surface area contributed by atoms with Crippen molar-refractivity contribution < 1.29 is 19.8 Å². The van der Waals surface area contributed by atoms with E-state index in [1.54, 1.807) is 30.3 Å². The van der Waals surface area contributed by atoms with E-state index in [2.05, 4.69) is 0 Å². The van der Waals surface area contributed by atoms with E-state index in [1.807, 2.05) is 5.32 Å². The molecular formula is C10H12N2O4. The van der Waals surface area contributed by atoms with Crippen LogP contribution in [-0.4, -0.2) is 28.3 Å². The summed E-state index contributed by atoms with van der Waals surface area (Å²) in [5.74, 6) is -1.35. The first-order valence-electron chi connectivity index (χ1n) is 4.54. The first kappa shape index (κ1) is 12.0. The van der Waals surface area contributed by atoms with Gasteiger partial charge in [0.2, 0.25) is 0 Å². The molecule has 0 aliphatic carbocycles. The number of hydrogen-bond donors (Lipinski definition) is 4. The van der Waals surface area contributed by atoms with Gasteiger partial charge in [-0.1, -0.05) is 30.3 Å². The fourth-order valence-electron chi connectivity index (χ4n) is 1.27. The largest absolute Gasteiger partial charge is 0.480 e. The summed E-state index contributed by atoms with van der Waals surface area (Å²) in [7, 11) is 0. The molecule has 0 saturated heterocycles. The van der Waals surface area contributed by atoms with Gasteiger partial charge in [0.05, 0.1) is 0 Å². The van der Waals surface area contributed by atoms with Gasteiger partial charge in [0.25, 0.3) is 0 Å². The van der Waals surface area contributed by atoms with Crippen molar-refractivity contribution in [3.8, 4) is 0 Å². The zero-order chi connectivity index (χ0) is 12.1. The summed E-state index contributed by atoms with van der Waals surface area (Å²) in [5.41, 5.74) is 5.21. The Labute approximate surface area is 91.7 Å². The highest BCUT2D eigenvalue weighted by molar-refractivity contribution is 5.82. The van der Waals surface area contributed by atoms with Gasteiger partial charge in [-0.3, -0.25) is 0 Å². The van der Waals surface area contributed by atoms with Crippen LogP contribution in [0, 0.1) is 0 Å².